The zero-order valence-corrected chi connectivity index (χ0v) is 46.0. The van der Waals surface area contributed by atoms with Crippen LogP contribution in [0.2, 0.25) is 0 Å². The normalized spacial score (nSPS) is 12.7. The molecule has 0 amide bonds. The Morgan fingerprint density at radius 3 is 0.929 bits per heavy atom. The molecule has 0 heterocycles. The first-order chi connectivity index (χ1) is 34.5. The molecule has 6 heteroatoms. The molecule has 402 valence electrons. The summed E-state index contributed by atoms with van der Waals surface area (Å²) < 4.78 is 16.8. The molecule has 6 nitrogen and oxygen atoms in total. The number of unbranched alkanes of at least 4 members (excludes halogenated alkanes) is 28. The Hall–Kier alpha value is -3.41. The Morgan fingerprint density at radius 1 is 0.300 bits per heavy atom. The zero-order chi connectivity index (χ0) is 50.7. The van der Waals surface area contributed by atoms with Crippen LogP contribution in [0.1, 0.15) is 284 Å². The van der Waals surface area contributed by atoms with E-state index in [0.717, 1.165) is 83.5 Å². The fraction of sp³-hybridized carbons (Fsp3) is 0.734. The molecule has 0 aromatic heterocycles. The number of carbonyl (C=O) groups excluding carboxylic acids is 3. The van der Waals surface area contributed by atoms with Crippen LogP contribution in [0.4, 0.5) is 0 Å². The van der Waals surface area contributed by atoms with Crippen molar-refractivity contribution in [3.05, 3.63) is 85.1 Å². The van der Waals surface area contributed by atoms with Gasteiger partial charge in [0.2, 0.25) is 0 Å². The van der Waals surface area contributed by atoms with Crippen LogP contribution in [0.3, 0.4) is 0 Å². The molecule has 0 aromatic carbocycles. The molecule has 0 bridgehead atoms. The van der Waals surface area contributed by atoms with Gasteiger partial charge in [0.25, 0.3) is 0 Å². The summed E-state index contributed by atoms with van der Waals surface area (Å²) in [6.07, 6.45) is 75.8. The van der Waals surface area contributed by atoms with Gasteiger partial charge >= 0.3 is 17.9 Å². The minimum atomic E-state index is -0.809. The van der Waals surface area contributed by atoms with Crippen molar-refractivity contribution in [2.24, 2.45) is 0 Å². The average molecular weight is 976 g/mol. The van der Waals surface area contributed by atoms with E-state index in [1.165, 1.54) is 154 Å². The summed E-state index contributed by atoms with van der Waals surface area (Å²) in [5.41, 5.74) is 0. The van der Waals surface area contributed by atoms with Crippen LogP contribution < -0.4 is 0 Å². The summed E-state index contributed by atoms with van der Waals surface area (Å²) in [7, 11) is 0. The molecule has 70 heavy (non-hydrogen) atoms. The van der Waals surface area contributed by atoms with E-state index in [-0.39, 0.29) is 37.5 Å². The number of hydrogen-bond acceptors (Lipinski definition) is 6. The van der Waals surface area contributed by atoms with Gasteiger partial charge in [-0.05, 0) is 109 Å². The molecule has 0 aliphatic rings. The van der Waals surface area contributed by atoms with Crippen molar-refractivity contribution in [2.45, 2.75) is 290 Å². The lowest BCUT2D eigenvalue weighted by molar-refractivity contribution is -0.167. The van der Waals surface area contributed by atoms with Crippen molar-refractivity contribution in [1.29, 1.82) is 0 Å². The quantitative estimate of drug-likeness (QED) is 0.0261. The largest absolute Gasteiger partial charge is 0.462 e. The van der Waals surface area contributed by atoms with Crippen molar-refractivity contribution in [1.82, 2.24) is 0 Å². The van der Waals surface area contributed by atoms with Crippen LogP contribution in [-0.4, -0.2) is 37.2 Å². The smallest absolute Gasteiger partial charge is 0.306 e. The Kier molecular flexibility index (Phi) is 55.3. The van der Waals surface area contributed by atoms with E-state index in [4.69, 9.17) is 14.2 Å². The number of ether oxygens (including phenoxy) is 3. The van der Waals surface area contributed by atoms with E-state index < -0.39 is 6.10 Å². The van der Waals surface area contributed by atoms with Gasteiger partial charge in [0.15, 0.2) is 6.10 Å². The molecule has 1 unspecified atom stereocenters. The van der Waals surface area contributed by atoms with E-state index >= 15 is 0 Å². The van der Waals surface area contributed by atoms with Crippen molar-refractivity contribution in [3.63, 3.8) is 0 Å². The average Bonchev–Trinajstić information content (AvgIpc) is 3.36. The van der Waals surface area contributed by atoms with Gasteiger partial charge in [-0.1, -0.05) is 241 Å². The van der Waals surface area contributed by atoms with E-state index in [9.17, 15) is 14.4 Å². The SMILES string of the molecule is CC/C=C\C/C=C\C/C=C\CCCCCCCCCCCC(=O)OCC(COC(=O)CCCCCCC/C=C\CCCCCCCCC)OC(=O)CCC/C=C\C/C=C\C/C=C\CCCCCCCC. The highest BCUT2D eigenvalue weighted by atomic mass is 16.6. The highest BCUT2D eigenvalue weighted by molar-refractivity contribution is 5.71. The third-order valence-corrected chi connectivity index (χ3v) is 12.6. The summed E-state index contributed by atoms with van der Waals surface area (Å²) in [6.45, 7) is 6.49. The van der Waals surface area contributed by atoms with Gasteiger partial charge in [0.05, 0.1) is 0 Å². The molecule has 1 atom stereocenters. The van der Waals surface area contributed by atoms with Crippen LogP contribution in [-0.2, 0) is 28.6 Å². The van der Waals surface area contributed by atoms with Gasteiger partial charge in [-0.15, -0.1) is 0 Å². The fourth-order valence-corrected chi connectivity index (χ4v) is 8.17. The second-order valence-corrected chi connectivity index (χ2v) is 19.5. The Morgan fingerprint density at radius 2 is 0.571 bits per heavy atom. The zero-order valence-electron chi connectivity index (χ0n) is 46.0. The summed E-state index contributed by atoms with van der Waals surface area (Å²) >= 11 is 0. The maximum absolute atomic E-state index is 12.8. The molecule has 0 spiro atoms. The van der Waals surface area contributed by atoms with Gasteiger partial charge in [-0.25, -0.2) is 0 Å². The molecule has 0 aromatic rings. The summed E-state index contributed by atoms with van der Waals surface area (Å²) in [4.78, 5) is 38.2. The minimum Gasteiger partial charge on any atom is -0.462 e. The Labute approximate surface area is 433 Å². The Bertz CT molecular complexity index is 1350. The van der Waals surface area contributed by atoms with Gasteiger partial charge < -0.3 is 14.2 Å². The lowest BCUT2D eigenvalue weighted by atomic mass is 10.1. The van der Waals surface area contributed by atoms with Gasteiger partial charge in [-0.3, -0.25) is 14.4 Å². The fourth-order valence-electron chi connectivity index (χ4n) is 8.17. The van der Waals surface area contributed by atoms with Crippen molar-refractivity contribution >= 4 is 17.9 Å². The molecule has 0 rings (SSSR count). The van der Waals surface area contributed by atoms with Gasteiger partial charge in [-0.2, -0.15) is 0 Å². The van der Waals surface area contributed by atoms with E-state index in [1.807, 2.05) is 0 Å². The Balaban J connectivity index is 4.46. The highest BCUT2D eigenvalue weighted by Crippen LogP contribution is 2.15. The summed E-state index contributed by atoms with van der Waals surface area (Å²) in [6, 6.07) is 0. The topological polar surface area (TPSA) is 78.9 Å². The van der Waals surface area contributed by atoms with Crippen LogP contribution in [0.5, 0.6) is 0 Å². The second-order valence-electron chi connectivity index (χ2n) is 19.5. The molecule has 0 aliphatic heterocycles. The van der Waals surface area contributed by atoms with Crippen LogP contribution in [0, 0.1) is 0 Å². The number of hydrogen-bond donors (Lipinski definition) is 0. The molecule has 0 radical (unpaired) electrons. The van der Waals surface area contributed by atoms with Gasteiger partial charge in [0.1, 0.15) is 13.2 Å². The first kappa shape index (κ1) is 66.6. The predicted octanol–water partition coefficient (Wildman–Crippen LogP) is 19.9. The summed E-state index contributed by atoms with van der Waals surface area (Å²) in [5.74, 6) is -0.961. The van der Waals surface area contributed by atoms with E-state index in [2.05, 4.69) is 106 Å². The molecule has 0 N–H and O–H groups in total. The number of carbonyl (C=O) groups is 3. The van der Waals surface area contributed by atoms with E-state index in [0.29, 0.717) is 19.3 Å². The third kappa shape index (κ3) is 55.5. The second kappa shape index (κ2) is 58.2. The third-order valence-electron chi connectivity index (χ3n) is 12.6. The van der Waals surface area contributed by atoms with Crippen LogP contribution >= 0.6 is 0 Å². The van der Waals surface area contributed by atoms with Gasteiger partial charge in [0, 0.05) is 19.3 Å². The van der Waals surface area contributed by atoms with Crippen molar-refractivity contribution < 1.29 is 28.6 Å². The molecule has 0 aliphatic carbocycles. The molecular weight excluding hydrogens is 865 g/mol. The first-order valence-electron chi connectivity index (χ1n) is 29.6. The van der Waals surface area contributed by atoms with E-state index in [1.54, 1.807) is 0 Å². The first-order valence-corrected chi connectivity index (χ1v) is 29.6. The lowest BCUT2D eigenvalue weighted by Gasteiger charge is -2.18. The van der Waals surface area contributed by atoms with Crippen LogP contribution in [0.25, 0.3) is 0 Å². The highest BCUT2D eigenvalue weighted by Gasteiger charge is 2.19. The minimum absolute atomic E-state index is 0.102. The molecule has 0 saturated carbocycles. The van der Waals surface area contributed by atoms with Crippen molar-refractivity contribution in [3.8, 4) is 0 Å². The maximum atomic E-state index is 12.8. The summed E-state index contributed by atoms with van der Waals surface area (Å²) in [5, 5.41) is 0. The number of rotatable bonds is 53. The monoisotopic (exact) mass is 975 g/mol. The number of esters is 3. The van der Waals surface area contributed by atoms with Crippen molar-refractivity contribution in [2.75, 3.05) is 13.2 Å². The maximum Gasteiger partial charge on any atom is 0.306 e. The lowest BCUT2D eigenvalue weighted by Crippen LogP contribution is -2.30. The number of allylic oxidation sites excluding steroid dienone is 14. The standard InChI is InChI=1S/C64H110O6/c1-4-7-10-13-16-19-22-25-28-31-32-34-36-39-42-45-48-51-54-57-63(66)69-60-61(59-68-62(65)56-53-50-47-44-41-38-35-30-27-24-21-18-15-12-9-6-3)70-64(67)58-55-52-49-46-43-40-37-33-29-26-23-20-17-14-11-8-5-2/h7,10,16,19,25-26,28-30,35,37,40,46,49,61H,4-6,8-9,11-15,17-18,20-24,27,31-34,36,38-39,41-45,47-48,50-60H2,1-3H3/b10-7-,19-16-,28-25-,29-26-,35-30-,40-37-,49-46-. The molecule has 0 fully saturated rings. The predicted molar refractivity (Wildman–Crippen MR) is 302 cm³/mol. The van der Waals surface area contributed by atoms with Crippen LogP contribution in [0.15, 0.2) is 85.1 Å². The molecule has 0 saturated heterocycles. The molecular formula is C64H110O6.